The molecule has 0 bridgehead atoms. The highest BCUT2D eigenvalue weighted by Gasteiger charge is 2.25. The Morgan fingerprint density at radius 3 is 2.20 bits per heavy atom. The van der Waals surface area contributed by atoms with E-state index in [2.05, 4.69) is 4.98 Å². The number of nitro groups is 1. The highest BCUT2D eigenvalue weighted by molar-refractivity contribution is 5.74. The van der Waals surface area contributed by atoms with Gasteiger partial charge in [0.15, 0.2) is 0 Å². The summed E-state index contributed by atoms with van der Waals surface area (Å²) in [6.45, 7) is 1.63. The van der Waals surface area contributed by atoms with Crippen LogP contribution >= 0.6 is 0 Å². The number of nitro benzene ring substituents is 1. The fourth-order valence-electron chi connectivity index (χ4n) is 3.84. The van der Waals surface area contributed by atoms with Crippen LogP contribution in [0.3, 0.4) is 0 Å². The summed E-state index contributed by atoms with van der Waals surface area (Å²) < 4.78 is 17.8. The number of aromatic nitrogens is 1. The first-order chi connectivity index (χ1) is 17.2. The lowest BCUT2D eigenvalue weighted by Crippen LogP contribution is -2.29. The van der Waals surface area contributed by atoms with E-state index in [1.165, 1.54) is 12.1 Å². The standard InChI is InChI=1S/C27H23N3O5/c31-30(32)22-11-12-23-25(17-22)33-16-15-29(23)24-13-14-26(34-18-20-7-3-1-4-8-20)28-27(24)35-19-21-9-5-2-6-10-21/h1-14,17H,15-16,18-19H2. The van der Waals surface area contributed by atoms with Gasteiger partial charge in [-0.05, 0) is 23.3 Å². The van der Waals surface area contributed by atoms with Gasteiger partial charge in [-0.25, -0.2) is 0 Å². The highest BCUT2D eigenvalue weighted by Crippen LogP contribution is 2.42. The number of non-ortho nitro benzene ring substituents is 1. The van der Waals surface area contributed by atoms with Crippen molar-refractivity contribution in [2.45, 2.75) is 13.2 Å². The third-order valence-electron chi connectivity index (χ3n) is 5.57. The maximum atomic E-state index is 11.2. The molecule has 1 aromatic heterocycles. The van der Waals surface area contributed by atoms with E-state index in [1.807, 2.05) is 71.6 Å². The molecule has 8 nitrogen and oxygen atoms in total. The first-order valence-electron chi connectivity index (χ1n) is 11.2. The van der Waals surface area contributed by atoms with Gasteiger partial charge in [0.05, 0.1) is 23.2 Å². The van der Waals surface area contributed by atoms with E-state index < -0.39 is 4.92 Å². The molecule has 0 saturated carbocycles. The van der Waals surface area contributed by atoms with Crippen LogP contribution in [-0.2, 0) is 13.2 Å². The number of anilines is 2. The zero-order valence-corrected chi connectivity index (χ0v) is 18.9. The maximum absolute atomic E-state index is 11.2. The summed E-state index contributed by atoms with van der Waals surface area (Å²) in [6.07, 6.45) is 0. The van der Waals surface area contributed by atoms with Crippen LogP contribution < -0.4 is 19.1 Å². The summed E-state index contributed by atoms with van der Waals surface area (Å²) in [5, 5.41) is 11.2. The van der Waals surface area contributed by atoms with Gasteiger partial charge in [-0.2, -0.15) is 4.98 Å². The Labute approximate surface area is 202 Å². The molecule has 4 aromatic rings. The second kappa shape index (κ2) is 10.1. The monoisotopic (exact) mass is 469 g/mol. The van der Waals surface area contributed by atoms with Gasteiger partial charge in [0.2, 0.25) is 11.8 Å². The topological polar surface area (TPSA) is 87.0 Å². The van der Waals surface area contributed by atoms with Crippen molar-refractivity contribution in [1.82, 2.24) is 4.98 Å². The average molecular weight is 469 g/mol. The highest BCUT2D eigenvalue weighted by atomic mass is 16.6. The van der Waals surface area contributed by atoms with E-state index >= 15 is 0 Å². The van der Waals surface area contributed by atoms with Gasteiger partial charge < -0.3 is 19.1 Å². The summed E-state index contributed by atoms with van der Waals surface area (Å²) in [5.41, 5.74) is 3.47. The minimum absolute atomic E-state index is 0.0195. The van der Waals surface area contributed by atoms with Crippen molar-refractivity contribution >= 4 is 17.1 Å². The lowest BCUT2D eigenvalue weighted by Gasteiger charge is -2.31. The Morgan fingerprint density at radius 2 is 1.51 bits per heavy atom. The normalized spacial score (nSPS) is 12.4. The van der Waals surface area contributed by atoms with Crippen LogP contribution in [0.15, 0.2) is 91.0 Å². The Kier molecular flexibility index (Phi) is 6.43. The second-order valence-electron chi connectivity index (χ2n) is 7.93. The Balaban J connectivity index is 1.45. The summed E-state index contributed by atoms with van der Waals surface area (Å²) in [7, 11) is 0. The maximum Gasteiger partial charge on any atom is 0.273 e. The molecule has 176 valence electrons. The van der Waals surface area contributed by atoms with Crippen molar-refractivity contribution in [2.75, 3.05) is 18.1 Å². The summed E-state index contributed by atoms with van der Waals surface area (Å²) >= 11 is 0. The van der Waals surface area contributed by atoms with Gasteiger partial charge in [-0.3, -0.25) is 10.1 Å². The van der Waals surface area contributed by atoms with Gasteiger partial charge in [0, 0.05) is 12.1 Å². The van der Waals surface area contributed by atoms with Crippen LogP contribution in [0.2, 0.25) is 0 Å². The fraction of sp³-hybridized carbons (Fsp3) is 0.148. The number of hydrogen-bond acceptors (Lipinski definition) is 7. The molecule has 0 radical (unpaired) electrons. The molecular formula is C27H23N3O5. The van der Waals surface area contributed by atoms with Crippen molar-refractivity contribution < 1.29 is 19.1 Å². The van der Waals surface area contributed by atoms with Gasteiger partial charge in [0.1, 0.15) is 31.3 Å². The van der Waals surface area contributed by atoms with E-state index in [0.717, 1.165) is 16.8 Å². The largest absolute Gasteiger partial charge is 0.489 e. The van der Waals surface area contributed by atoms with E-state index in [9.17, 15) is 10.1 Å². The van der Waals surface area contributed by atoms with Crippen molar-refractivity contribution in [2.24, 2.45) is 0 Å². The smallest absolute Gasteiger partial charge is 0.273 e. The third kappa shape index (κ3) is 5.16. The molecular weight excluding hydrogens is 446 g/mol. The molecule has 0 aliphatic carbocycles. The summed E-state index contributed by atoms with van der Waals surface area (Å²) in [5.74, 6) is 1.30. The predicted molar refractivity (Wildman–Crippen MR) is 131 cm³/mol. The number of fused-ring (bicyclic) bond motifs is 1. The first-order valence-corrected chi connectivity index (χ1v) is 11.2. The molecule has 3 aromatic carbocycles. The molecule has 2 heterocycles. The summed E-state index contributed by atoms with van der Waals surface area (Å²) in [6, 6.07) is 28.0. The van der Waals surface area contributed by atoms with Crippen LogP contribution in [0.4, 0.5) is 17.1 Å². The van der Waals surface area contributed by atoms with Crippen molar-refractivity contribution in [3.8, 4) is 17.5 Å². The minimum atomic E-state index is -0.433. The van der Waals surface area contributed by atoms with Crippen LogP contribution in [-0.4, -0.2) is 23.1 Å². The molecule has 5 rings (SSSR count). The first kappa shape index (κ1) is 22.2. The van der Waals surface area contributed by atoms with E-state index in [-0.39, 0.29) is 5.69 Å². The van der Waals surface area contributed by atoms with E-state index in [4.69, 9.17) is 14.2 Å². The molecule has 0 atom stereocenters. The van der Waals surface area contributed by atoms with E-state index in [0.29, 0.717) is 49.6 Å². The molecule has 0 saturated heterocycles. The molecule has 0 unspecified atom stereocenters. The number of nitrogens with zero attached hydrogens (tertiary/aromatic N) is 3. The van der Waals surface area contributed by atoms with Gasteiger partial charge >= 0.3 is 0 Å². The molecule has 0 spiro atoms. The molecule has 1 aliphatic rings. The second-order valence-corrected chi connectivity index (χ2v) is 7.93. The van der Waals surface area contributed by atoms with Crippen molar-refractivity contribution in [1.29, 1.82) is 0 Å². The van der Waals surface area contributed by atoms with Crippen molar-refractivity contribution in [3.05, 3.63) is 112 Å². The SMILES string of the molecule is O=[N+]([O-])c1ccc2c(c1)OCCN2c1ccc(OCc2ccccc2)nc1OCc1ccccc1. The minimum Gasteiger partial charge on any atom is -0.489 e. The van der Waals surface area contributed by atoms with Crippen LogP contribution in [0, 0.1) is 10.1 Å². The Hall–Kier alpha value is -4.59. The number of hydrogen-bond donors (Lipinski definition) is 0. The number of rotatable bonds is 8. The Morgan fingerprint density at radius 1 is 0.857 bits per heavy atom. The third-order valence-corrected chi connectivity index (χ3v) is 5.57. The lowest BCUT2D eigenvalue weighted by molar-refractivity contribution is -0.384. The quantitative estimate of drug-likeness (QED) is 0.242. The fourth-order valence-corrected chi connectivity index (χ4v) is 3.84. The van der Waals surface area contributed by atoms with Crippen LogP contribution in [0.5, 0.6) is 17.5 Å². The molecule has 35 heavy (non-hydrogen) atoms. The molecule has 0 fully saturated rings. The van der Waals surface area contributed by atoms with Gasteiger partial charge in [-0.1, -0.05) is 60.7 Å². The molecule has 0 N–H and O–H groups in total. The average Bonchev–Trinajstić information content (AvgIpc) is 2.91. The van der Waals surface area contributed by atoms with E-state index in [1.54, 1.807) is 12.1 Å². The van der Waals surface area contributed by atoms with Gasteiger partial charge in [0.25, 0.3) is 5.69 Å². The Bertz CT molecular complexity index is 1320. The number of pyridine rings is 1. The molecule has 0 amide bonds. The number of ether oxygens (including phenoxy) is 3. The van der Waals surface area contributed by atoms with Crippen LogP contribution in [0.25, 0.3) is 0 Å². The number of benzene rings is 3. The molecule has 8 heteroatoms. The van der Waals surface area contributed by atoms with Gasteiger partial charge in [-0.15, -0.1) is 0 Å². The predicted octanol–water partition coefficient (Wildman–Crippen LogP) is 5.68. The van der Waals surface area contributed by atoms with Crippen molar-refractivity contribution in [3.63, 3.8) is 0 Å². The summed E-state index contributed by atoms with van der Waals surface area (Å²) in [4.78, 5) is 17.4. The zero-order chi connectivity index (χ0) is 24.0. The zero-order valence-electron chi connectivity index (χ0n) is 18.9. The lowest BCUT2D eigenvalue weighted by atomic mass is 10.2. The molecule has 1 aliphatic heterocycles. The van der Waals surface area contributed by atoms with Crippen LogP contribution in [0.1, 0.15) is 11.1 Å².